The number of hydrogen-bond donors (Lipinski definition) is 1. The number of rotatable bonds is 5. The molecule has 0 aliphatic heterocycles. The Hall–Kier alpha value is -1.53. The van der Waals surface area contributed by atoms with Crippen molar-refractivity contribution in [3.63, 3.8) is 0 Å². The summed E-state index contributed by atoms with van der Waals surface area (Å²) < 4.78 is 12.2. The number of carbonyl (C=O) groups excluding carboxylic acids is 1. The monoisotopic (exact) mass is 413 g/mol. The summed E-state index contributed by atoms with van der Waals surface area (Å²) in [4.78, 5) is 11.9. The highest BCUT2D eigenvalue weighted by Gasteiger charge is 2.11. The predicted molar refractivity (Wildman–Crippen MR) is 88.5 cm³/mol. The molecule has 0 aromatic heterocycles. The first kappa shape index (κ1) is 15.9. The molecule has 4 nitrogen and oxygen atoms in total. The van der Waals surface area contributed by atoms with E-state index in [4.69, 9.17) is 15.2 Å². The highest BCUT2D eigenvalue weighted by Crippen LogP contribution is 2.20. The van der Waals surface area contributed by atoms with E-state index < -0.39 is 5.97 Å². The zero-order chi connectivity index (χ0) is 15.2. The van der Waals surface area contributed by atoms with Gasteiger partial charge < -0.3 is 15.2 Å². The van der Waals surface area contributed by atoms with Gasteiger partial charge in [-0.15, -0.1) is 0 Å². The maximum Gasteiger partial charge on any atom is 0.339 e. The third-order valence-corrected chi connectivity index (χ3v) is 3.83. The van der Waals surface area contributed by atoms with Crippen LogP contribution in [0.25, 0.3) is 0 Å². The van der Waals surface area contributed by atoms with Gasteiger partial charge >= 0.3 is 5.97 Å². The Labute approximate surface area is 139 Å². The van der Waals surface area contributed by atoms with Gasteiger partial charge in [0.2, 0.25) is 0 Å². The van der Waals surface area contributed by atoms with E-state index in [0.29, 0.717) is 15.7 Å². The van der Waals surface area contributed by atoms with Crippen LogP contribution in [0.3, 0.4) is 0 Å². The number of hydrogen-bond acceptors (Lipinski definition) is 4. The van der Waals surface area contributed by atoms with Crippen molar-refractivity contribution in [1.29, 1.82) is 0 Å². The van der Waals surface area contributed by atoms with Crippen molar-refractivity contribution in [2.75, 3.05) is 18.9 Å². The van der Waals surface area contributed by atoms with Crippen LogP contribution in [0.15, 0.2) is 51.4 Å². The molecule has 0 aliphatic rings. The smallest absolute Gasteiger partial charge is 0.339 e. The predicted octanol–water partition coefficient (Wildman–Crippen LogP) is 4.03. The van der Waals surface area contributed by atoms with Gasteiger partial charge in [-0.25, -0.2) is 4.79 Å². The maximum atomic E-state index is 11.9. The van der Waals surface area contributed by atoms with E-state index in [1.54, 1.807) is 18.2 Å². The quantitative estimate of drug-likeness (QED) is 0.455. The Balaban J connectivity index is 1.81. The number of ether oxygens (including phenoxy) is 2. The Morgan fingerprint density at radius 2 is 1.76 bits per heavy atom. The third-order valence-electron chi connectivity index (χ3n) is 2.61. The zero-order valence-corrected chi connectivity index (χ0v) is 14.2. The normalized spacial score (nSPS) is 10.2. The van der Waals surface area contributed by atoms with Gasteiger partial charge in [0.15, 0.2) is 0 Å². The van der Waals surface area contributed by atoms with Crippen molar-refractivity contribution >= 4 is 43.5 Å². The molecular formula is C15H13Br2NO3. The van der Waals surface area contributed by atoms with Crippen LogP contribution in [0, 0.1) is 0 Å². The van der Waals surface area contributed by atoms with Gasteiger partial charge in [0.1, 0.15) is 19.0 Å². The molecule has 0 radical (unpaired) electrons. The van der Waals surface area contributed by atoms with Gasteiger partial charge in [-0.1, -0.05) is 15.9 Å². The number of nitrogens with two attached hydrogens (primary N) is 1. The molecule has 2 rings (SSSR count). The molecule has 0 heterocycles. The van der Waals surface area contributed by atoms with Crippen molar-refractivity contribution in [3.05, 3.63) is 57.0 Å². The first-order chi connectivity index (χ1) is 10.1. The molecule has 0 atom stereocenters. The van der Waals surface area contributed by atoms with Crippen molar-refractivity contribution in [2.45, 2.75) is 0 Å². The topological polar surface area (TPSA) is 61.6 Å². The zero-order valence-electron chi connectivity index (χ0n) is 11.0. The van der Waals surface area contributed by atoms with E-state index in [9.17, 15) is 4.79 Å². The number of benzene rings is 2. The fraction of sp³-hybridized carbons (Fsp3) is 0.133. The summed E-state index contributed by atoms with van der Waals surface area (Å²) in [7, 11) is 0. The lowest BCUT2D eigenvalue weighted by Crippen LogP contribution is -2.13. The second-order valence-electron chi connectivity index (χ2n) is 4.18. The summed E-state index contributed by atoms with van der Waals surface area (Å²) >= 11 is 6.64. The Morgan fingerprint density at radius 1 is 1.05 bits per heavy atom. The SMILES string of the molecule is Nc1ccc(Br)c(C(=O)OCCOc2ccc(Br)cc2)c1. The molecule has 2 aromatic rings. The summed E-state index contributed by atoms with van der Waals surface area (Å²) in [5.41, 5.74) is 6.56. The number of carbonyl (C=O) groups is 1. The third kappa shape index (κ3) is 4.75. The molecule has 0 unspecified atom stereocenters. The highest BCUT2D eigenvalue weighted by molar-refractivity contribution is 9.10. The number of halogens is 2. The second kappa shape index (κ2) is 7.47. The Bertz CT molecular complexity index is 629. The van der Waals surface area contributed by atoms with Crippen molar-refractivity contribution in [3.8, 4) is 5.75 Å². The first-order valence-electron chi connectivity index (χ1n) is 6.17. The van der Waals surface area contributed by atoms with E-state index in [2.05, 4.69) is 31.9 Å². The van der Waals surface area contributed by atoms with Crippen LogP contribution in [0.5, 0.6) is 5.75 Å². The van der Waals surface area contributed by atoms with Gasteiger partial charge in [-0.05, 0) is 58.4 Å². The number of nitrogen functional groups attached to an aromatic ring is 1. The Morgan fingerprint density at radius 3 is 2.48 bits per heavy atom. The second-order valence-corrected chi connectivity index (χ2v) is 5.95. The molecule has 0 spiro atoms. The van der Waals surface area contributed by atoms with E-state index in [0.717, 1.165) is 10.2 Å². The molecule has 0 aliphatic carbocycles. The van der Waals surface area contributed by atoms with Gasteiger partial charge in [0, 0.05) is 14.6 Å². The highest BCUT2D eigenvalue weighted by atomic mass is 79.9. The van der Waals surface area contributed by atoms with Crippen LogP contribution in [-0.2, 0) is 4.74 Å². The van der Waals surface area contributed by atoms with Crippen LogP contribution in [0.4, 0.5) is 5.69 Å². The van der Waals surface area contributed by atoms with E-state index >= 15 is 0 Å². The lowest BCUT2D eigenvalue weighted by Gasteiger charge is -2.09. The minimum Gasteiger partial charge on any atom is -0.490 e. The molecule has 0 bridgehead atoms. The fourth-order valence-electron chi connectivity index (χ4n) is 1.60. The summed E-state index contributed by atoms with van der Waals surface area (Å²) in [6.45, 7) is 0.448. The van der Waals surface area contributed by atoms with Gasteiger partial charge in [0.25, 0.3) is 0 Å². The standard InChI is InChI=1S/C15H13Br2NO3/c16-10-1-4-12(5-2-10)20-7-8-21-15(19)13-9-11(18)3-6-14(13)17/h1-6,9H,7-8,18H2. The van der Waals surface area contributed by atoms with E-state index in [1.165, 1.54) is 0 Å². The summed E-state index contributed by atoms with van der Waals surface area (Å²) in [5, 5.41) is 0. The van der Waals surface area contributed by atoms with Crippen molar-refractivity contribution in [1.82, 2.24) is 0 Å². The Kier molecular flexibility index (Phi) is 5.64. The summed E-state index contributed by atoms with van der Waals surface area (Å²) in [6.07, 6.45) is 0. The van der Waals surface area contributed by atoms with Crippen molar-refractivity contribution in [2.24, 2.45) is 0 Å². The molecule has 2 N–H and O–H groups in total. The maximum absolute atomic E-state index is 11.9. The van der Waals surface area contributed by atoms with E-state index in [-0.39, 0.29) is 13.2 Å². The van der Waals surface area contributed by atoms with E-state index in [1.807, 2.05) is 24.3 Å². The van der Waals surface area contributed by atoms with Gasteiger partial charge in [-0.3, -0.25) is 0 Å². The molecule has 21 heavy (non-hydrogen) atoms. The number of esters is 1. The average molecular weight is 415 g/mol. The van der Waals surface area contributed by atoms with Crippen LogP contribution >= 0.6 is 31.9 Å². The molecule has 110 valence electrons. The molecule has 6 heteroatoms. The largest absolute Gasteiger partial charge is 0.490 e. The van der Waals surface area contributed by atoms with Crippen LogP contribution in [0.2, 0.25) is 0 Å². The minimum atomic E-state index is -0.436. The van der Waals surface area contributed by atoms with Crippen LogP contribution in [0.1, 0.15) is 10.4 Å². The van der Waals surface area contributed by atoms with Gasteiger partial charge in [-0.2, -0.15) is 0 Å². The fourth-order valence-corrected chi connectivity index (χ4v) is 2.27. The van der Waals surface area contributed by atoms with Crippen molar-refractivity contribution < 1.29 is 14.3 Å². The molecule has 0 amide bonds. The molecular weight excluding hydrogens is 402 g/mol. The number of anilines is 1. The average Bonchev–Trinajstić information content (AvgIpc) is 2.47. The lowest BCUT2D eigenvalue weighted by atomic mass is 10.2. The summed E-state index contributed by atoms with van der Waals surface area (Å²) in [5.74, 6) is 0.285. The van der Waals surface area contributed by atoms with Crippen LogP contribution in [-0.4, -0.2) is 19.2 Å². The minimum absolute atomic E-state index is 0.163. The lowest BCUT2D eigenvalue weighted by molar-refractivity contribution is 0.0449. The summed E-state index contributed by atoms with van der Waals surface area (Å²) in [6, 6.07) is 12.4. The molecule has 0 fully saturated rings. The van der Waals surface area contributed by atoms with Crippen LogP contribution < -0.4 is 10.5 Å². The first-order valence-corrected chi connectivity index (χ1v) is 7.75. The van der Waals surface area contributed by atoms with Gasteiger partial charge in [0.05, 0.1) is 5.56 Å². The molecule has 0 saturated carbocycles. The molecule has 2 aromatic carbocycles. The molecule has 0 saturated heterocycles.